The molecule has 0 unspecified atom stereocenters. The lowest BCUT2D eigenvalue weighted by Crippen LogP contribution is -2.01. The van der Waals surface area contributed by atoms with Gasteiger partial charge in [0.15, 0.2) is 0 Å². The Balaban J connectivity index is 0.000000176. The maximum absolute atomic E-state index is 13.1. The maximum Gasteiger partial charge on any atom is 0.123 e. The molecule has 0 aliphatic heterocycles. The van der Waals surface area contributed by atoms with Crippen LogP contribution in [0.3, 0.4) is 0 Å². The summed E-state index contributed by atoms with van der Waals surface area (Å²) in [4.78, 5) is 3.97. The first-order valence-corrected chi connectivity index (χ1v) is 9.81. The Morgan fingerprint density at radius 3 is 1.93 bits per heavy atom. The SMILES string of the molecule is Brc1ccc(-n2ccnc2)cc1.[B]CC(c1cccc(F)c1)c1cccc(F)c1. The quantitative estimate of drug-likeness (QED) is 0.332. The number of hydrogen-bond donors (Lipinski definition) is 0. The Morgan fingerprint density at radius 1 is 0.897 bits per heavy atom. The van der Waals surface area contributed by atoms with Crippen LogP contribution in [0.5, 0.6) is 0 Å². The van der Waals surface area contributed by atoms with E-state index in [0.29, 0.717) is 6.32 Å². The minimum atomic E-state index is -0.308. The van der Waals surface area contributed by atoms with Crippen molar-refractivity contribution in [2.75, 3.05) is 0 Å². The van der Waals surface area contributed by atoms with Gasteiger partial charge >= 0.3 is 0 Å². The Kier molecular flexibility index (Phi) is 7.36. The summed E-state index contributed by atoms with van der Waals surface area (Å²) in [7, 11) is 5.69. The van der Waals surface area contributed by atoms with Crippen molar-refractivity contribution in [3.05, 3.63) is 119 Å². The van der Waals surface area contributed by atoms with Crippen LogP contribution in [-0.2, 0) is 0 Å². The molecule has 1 heterocycles. The van der Waals surface area contributed by atoms with Crippen molar-refractivity contribution in [1.29, 1.82) is 0 Å². The smallest absolute Gasteiger partial charge is 0.123 e. The minimum absolute atomic E-state index is 0.179. The van der Waals surface area contributed by atoms with Crippen LogP contribution in [0.15, 0.2) is 96.0 Å². The number of rotatable bonds is 4. The number of nitrogens with zero attached hydrogens (tertiary/aromatic N) is 2. The van der Waals surface area contributed by atoms with Crippen LogP contribution in [0.4, 0.5) is 8.78 Å². The highest BCUT2D eigenvalue weighted by Crippen LogP contribution is 2.28. The van der Waals surface area contributed by atoms with Crippen molar-refractivity contribution in [3.63, 3.8) is 0 Å². The minimum Gasteiger partial charge on any atom is -0.306 e. The summed E-state index contributed by atoms with van der Waals surface area (Å²) in [6, 6.07) is 20.6. The fraction of sp³-hybridized carbons (Fsp3) is 0.0870. The second kappa shape index (κ2) is 10.2. The molecule has 4 rings (SSSR count). The number of imidazole rings is 1. The molecule has 0 aliphatic rings. The van der Waals surface area contributed by atoms with Crippen molar-refractivity contribution in [2.24, 2.45) is 0 Å². The lowest BCUT2D eigenvalue weighted by Gasteiger charge is -2.16. The topological polar surface area (TPSA) is 17.8 Å². The molecule has 0 amide bonds. The fourth-order valence-corrected chi connectivity index (χ4v) is 3.20. The lowest BCUT2D eigenvalue weighted by atomic mass is 9.81. The van der Waals surface area contributed by atoms with Gasteiger partial charge in [0.25, 0.3) is 0 Å². The second-order valence-electron chi connectivity index (χ2n) is 6.34. The van der Waals surface area contributed by atoms with E-state index in [2.05, 4.69) is 20.9 Å². The second-order valence-corrected chi connectivity index (χ2v) is 7.26. The Morgan fingerprint density at radius 2 is 1.48 bits per heavy atom. The van der Waals surface area contributed by atoms with Gasteiger partial charge in [0.1, 0.15) is 11.6 Å². The molecule has 0 atom stereocenters. The molecule has 0 saturated heterocycles. The molecule has 1 aromatic heterocycles. The first-order valence-electron chi connectivity index (χ1n) is 9.01. The summed E-state index contributed by atoms with van der Waals surface area (Å²) in [5, 5.41) is 0. The van der Waals surface area contributed by atoms with E-state index >= 15 is 0 Å². The fourth-order valence-electron chi connectivity index (χ4n) is 2.94. The number of aromatic nitrogens is 2. The molecule has 3 aromatic carbocycles. The molecule has 6 heteroatoms. The van der Waals surface area contributed by atoms with E-state index in [1.807, 2.05) is 35.0 Å². The third-order valence-corrected chi connectivity index (χ3v) is 4.90. The monoisotopic (exact) mass is 450 g/mol. The zero-order valence-electron chi connectivity index (χ0n) is 15.6. The zero-order chi connectivity index (χ0) is 20.6. The number of halogens is 3. The van der Waals surface area contributed by atoms with Crippen molar-refractivity contribution >= 4 is 23.8 Å². The molecule has 144 valence electrons. The van der Waals surface area contributed by atoms with Gasteiger partial charge in [0.05, 0.1) is 14.2 Å². The Labute approximate surface area is 178 Å². The van der Waals surface area contributed by atoms with E-state index in [4.69, 9.17) is 7.85 Å². The summed E-state index contributed by atoms with van der Waals surface area (Å²) >= 11 is 3.38. The summed E-state index contributed by atoms with van der Waals surface area (Å²) in [5.74, 6) is -0.795. The predicted octanol–water partition coefficient (Wildman–Crippen LogP) is 6.32. The van der Waals surface area contributed by atoms with Gasteiger partial charge in [-0.05, 0) is 59.7 Å². The molecule has 0 fully saturated rings. The Hall–Kier alpha value is -2.73. The van der Waals surface area contributed by atoms with E-state index in [1.54, 1.807) is 36.8 Å². The van der Waals surface area contributed by atoms with Gasteiger partial charge in [0.2, 0.25) is 0 Å². The molecule has 4 aromatic rings. The molecule has 0 aliphatic carbocycles. The third-order valence-electron chi connectivity index (χ3n) is 4.37. The standard InChI is InChI=1S/C14H11BF2.C9H7BrN2/c15-9-14(10-3-1-5-12(16)7-10)11-4-2-6-13(17)8-11;10-8-1-3-9(4-2-8)12-6-5-11-7-12/h1-8,14H,9H2;1-7H. The third kappa shape index (κ3) is 5.88. The van der Waals surface area contributed by atoms with Gasteiger partial charge in [-0.2, -0.15) is 0 Å². The van der Waals surface area contributed by atoms with Crippen LogP contribution in [-0.4, -0.2) is 17.4 Å². The van der Waals surface area contributed by atoms with Gasteiger partial charge in [-0.3, -0.25) is 0 Å². The zero-order valence-corrected chi connectivity index (χ0v) is 17.1. The number of hydrogen-bond acceptors (Lipinski definition) is 1. The van der Waals surface area contributed by atoms with Crippen LogP contribution in [0.25, 0.3) is 5.69 Å². The van der Waals surface area contributed by atoms with Gasteiger partial charge in [-0.25, -0.2) is 13.8 Å². The first kappa shape index (κ1) is 21.0. The highest BCUT2D eigenvalue weighted by Gasteiger charge is 2.12. The van der Waals surface area contributed by atoms with Crippen molar-refractivity contribution in [1.82, 2.24) is 9.55 Å². The molecule has 2 nitrogen and oxygen atoms in total. The highest BCUT2D eigenvalue weighted by atomic mass is 79.9. The van der Waals surface area contributed by atoms with E-state index in [0.717, 1.165) is 21.3 Å². The number of benzene rings is 3. The van der Waals surface area contributed by atoms with E-state index in [-0.39, 0.29) is 17.6 Å². The molecule has 0 bridgehead atoms. The molecule has 0 spiro atoms. The van der Waals surface area contributed by atoms with Crippen molar-refractivity contribution < 1.29 is 8.78 Å². The summed E-state index contributed by atoms with van der Waals surface area (Å²) in [6.07, 6.45) is 5.78. The van der Waals surface area contributed by atoms with Crippen LogP contribution < -0.4 is 0 Å². The van der Waals surface area contributed by atoms with Crippen molar-refractivity contribution in [3.8, 4) is 5.69 Å². The van der Waals surface area contributed by atoms with Crippen molar-refractivity contribution in [2.45, 2.75) is 12.2 Å². The van der Waals surface area contributed by atoms with Gasteiger partial charge in [-0.15, -0.1) is 0 Å². The highest BCUT2D eigenvalue weighted by molar-refractivity contribution is 9.10. The largest absolute Gasteiger partial charge is 0.306 e. The molecular formula is C23H18BBrF2N2. The first-order chi connectivity index (χ1) is 14.1. The average Bonchev–Trinajstić information content (AvgIpc) is 3.25. The van der Waals surface area contributed by atoms with E-state index < -0.39 is 0 Å². The molecular weight excluding hydrogens is 433 g/mol. The lowest BCUT2D eigenvalue weighted by molar-refractivity contribution is 0.621. The normalized spacial score (nSPS) is 10.5. The van der Waals surface area contributed by atoms with E-state index in [1.165, 1.54) is 24.3 Å². The van der Waals surface area contributed by atoms with Gasteiger partial charge in [-0.1, -0.05) is 46.5 Å². The van der Waals surface area contributed by atoms with E-state index in [9.17, 15) is 8.78 Å². The molecule has 0 N–H and O–H groups in total. The summed E-state index contributed by atoms with van der Waals surface area (Å²) in [5.41, 5.74) is 2.65. The molecule has 29 heavy (non-hydrogen) atoms. The van der Waals surface area contributed by atoms with Crippen LogP contribution in [0.2, 0.25) is 6.32 Å². The summed E-state index contributed by atoms with van der Waals surface area (Å²) in [6.45, 7) is 0. The van der Waals surface area contributed by atoms with Gasteiger partial charge < -0.3 is 4.57 Å². The summed E-state index contributed by atoms with van der Waals surface area (Å²) < 4.78 is 29.3. The Bertz CT molecular complexity index is 991. The van der Waals surface area contributed by atoms with Gasteiger partial charge in [0, 0.05) is 28.5 Å². The maximum atomic E-state index is 13.1. The predicted molar refractivity (Wildman–Crippen MR) is 116 cm³/mol. The van der Waals surface area contributed by atoms with Crippen LogP contribution in [0, 0.1) is 11.6 Å². The van der Waals surface area contributed by atoms with Crippen LogP contribution in [0.1, 0.15) is 17.0 Å². The van der Waals surface area contributed by atoms with Crippen LogP contribution >= 0.6 is 15.9 Å². The average molecular weight is 451 g/mol. The molecule has 2 radical (unpaired) electrons. The molecule has 0 saturated carbocycles.